The lowest BCUT2D eigenvalue weighted by Crippen LogP contribution is -2.35. The Hall–Kier alpha value is -4.28. The van der Waals surface area contributed by atoms with Crippen molar-refractivity contribution in [3.63, 3.8) is 0 Å². The van der Waals surface area contributed by atoms with Gasteiger partial charge in [-0.25, -0.2) is 9.31 Å². The third kappa shape index (κ3) is 5.33. The van der Waals surface area contributed by atoms with Crippen molar-refractivity contribution in [1.29, 1.82) is 0 Å². The minimum atomic E-state index is -0.694. The van der Waals surface area contributed by atoms with Gasteiger partial charge in [0.2, 0.25) is 0 Å². The van der Waals surface area contributed by atoms with Gasteiger partial charge in [0.15, 0.2) is 5.82 Å². The topological polar surface area (TPSA) is 128 Å². The van der Waals surface area contributed by atoms with E-state index in [0.29, 0.717) is 18.7 Å². The van der Waals surface area contributed by atoms with Gasteiger partial charge in [0.25, 0.3) is 5.56 Å². The molecule has 0 saturated heterocycles. The molecule has 0 spiro atoms. The number of aromatic amines is 1. The SMILES string of the molecule is CCCc1c(Cc2ccc(-c3ccccc3-c3noc(=O)[nH]3)cc2)c(=O)n(C2CCC(OC3CC3(C)O)CC2)c2ccnn12. The van der Waals surface area contributed by atoms with Crippen molar-refractivity contribution in [3.05, 3.63) is 98.5 Å². The number of ether oxygens (including phenoxy) is 1. The zero-order chi connectivity index (χ0) is 30.4. The Morgan fingerprint density at radius 2 is 1.77 bits per heavy atom. The number of nitrogens with zero attached hydrogens (tertiary/aromatic N) is 4. The molecule has 7 rings (SSSR count). The number of aryl methyl sites for hydroxylation is 1. The van der Waals surface area contributed by atoms with Crippen molar-refractivity contribution in [2.45, 2.75) is 89.1 Å². The Bertz CT molecular complexity index is 1910. The van der Waals surface area contributed by atoms with Gasteiger partial charge in [-0.15, -0.1) is 0 Å². The van der Waals surface area contributed by atoms with Gasteiger partial charge < -0.3 is 9.84 Å². The number of aromatic nitrogens is 5. The van der Waals surface area contributed by atoms with Crippen molar-refractivity contribution in [3.8, 4) is 22.5 Å². The van der Waals surface area contributed by atoms with E-state index in [1.807, 2.05) is 58.5 Å². The molecule has 0 bridgehead atoms. The minimum absolute atomic E-state index is 0.0559. The van der Waals surface area contributed by atoms with E-state index in [0.717, 1.165) is 77.7 Å². The highest BCUT2D eigenvalue weighted by molar-refractivity contribution is 5.80. The molecule has 2 atom stereocenters. The summed E-state index contributed by atoms with van der Waals surface area (Å²) in [5.74, 6) is -0.214. The van der Waals surface area contributed by atoms with E-state index in [-0.39, 0.29) is 23.8 Å². The van der Waals surface area contributed by atoms with Crippen molar-refractivity contribution >= 4 is 5.65 Å². The minimum Gasteiger partial charge on any atom is -0.387 e. The summed E-state index contributed by atoms with van der Waals surface area (Å²) in [6.45, 7) is 3.95. The van der Waals surface area contributed by atoms with Crippen LogP contribution in [0.25, 0.3) is 28.2 Å². The van der Waals surface area contributed by atoms with Gasteiger partial charge in [-0.2, -0.15) is 5.10 Å². The van der Waals surface area contributed by atoms with E-state index in [1.54, 1.807) is 6.20 Å². The summed E-state index contributed by atoms with van der Waals surface area (Å²) in [6.07, 6.45) is 8.10. The Labute approximate surface area is 254 Å². The van der Waals surface area contributed by atoms with Gasteiger partial charge in [0, 0.05) is 36.1 Å². The van der Waals surface area contributed by atoms with Crippen LogP contribution in [0.2, 0.25) is 0 Å². The fourth-order valence-corrected chi connectivity index (χ4v) is 6.69. The molecular formula is C34H37N5O5. The lowest BCUT2D eigenvalue weighted by atomic mass is 9.92. The number of aliphatic hydroxyl groups is 1. The fraction of sp³-hybridized carbons (Fsp3) is 0.412. The third-order valence-corrected chi connectivity index (χ3v) is 9.20. The number of rotatable bonds is 9. The first kappa shape index (κ1) is 28.5. The third-order valence-electron chi connectivity index (χ3n) is 9.20. The lowest BCUT2D eigenvalue weighted by Gasteiger charge is -2.31. The Morgan fingerprint density at radius 3 is 2.43 bits per heavy atom. The smallest absolute Gasteiger partial charge is 0.387 e. The number of hydrogen-bond donors (Lipinski definition) is 2. The molecule has 10 nitrogen and oxygen atoms in total. The number of hydrogen-bond acceptors (Lipinski definition) is 7. The summed E-state index contributed by atoms with van der Waals surface area (Å²) in [6, 6.07) is 17.9. The molecule has 0 aliphatic heterocycles. The molecule has 2 aromatic carbocycles. The van der Waals surface area contributed by atoms with Crippen LogP contribution in [-0.2, 0) is 17.6 Å². The van der Waals surface area contributed by atoms with Gasteiger partial charge in [-0.05, 0) is 55.7 Å². The molecule has 0 radical (unpaired) electrons. The van der Waals surface area contributed by atoms with Gasteiger partial charge in [-0.1, -0.05) is 67.0 Å². The van der Waals surface area contributed by atoms with Crippen molar-refractivity contribution in [2.75, 3.05) is 0 Å². The van der Waals surface area contributed by atoms with Crippen LogP contribution in [0.15, 0.2) is 74.9 Å². The highest BCUT2D eigenvalue weighted by Crippen LogP contribution is 2.41. The standard InChI is InChI=1S/C34H37N5O5/c1-3-6-28-27(19-21-9-11-22(12-10-21)25-7-4-5-8-26(25)31-36-33(41)44-37-31)32(40)38(30-17-18-35-39(28)30)23-13-15-24(16-14-23)43-29-20-34(29,2)42/h4-5,7-12,17-18,23-24,29,42H,3,6,13-16,19-20H2,1-2H3,(H,36,37,41). The van der Waals surface area contributed by atoms with Crippen LogP contribution in [0, 0.1) is 0 Å². The van der Waals surface area contributed by atoms with Crippen LogP contribution < -0.4 is 11.3 Å². The van der Waals surface area contributed by atoms with Crippen LogP contribution in [0.4, 0.5) is 0 Å². The molecular weight excluding hydrogens is 558 g/mol. The Morgan fingerprint density at radius 1 is 1.05 bits per heavy atom. The Kier molecular flexibility index (Phi) is 7.34. The van der Waals surface area contributed by atoms with E-state index in [1.165, 1.54) is 0 Å². The predicted octanol–water partition coefficient (Wildman–Crippen LogP) is 5.07. The maximum Gasteiger partial charge on any atom is 0.439 e. The molecule has 2 aliphatic carbocycles. The summed E-state index contributed by atoms with van der Waals surface area (Å²) in [5, 5.41) is 18.7. The molecule has 228 valence electrons. The van der Waals surface area contributed by atoms with Crippen molar-refractivity contribution < 1.29 is 14.4 Å². The number of nitrogens with one attached hydrogen (secondary N) is 1. The molecule has 3 heterocycles. The predicted molar refractivity (Wildman–Crippen MR) is 166 cm³/mol. The molecule has 44 heavy (non-hydrogen) atoms. The molecule has 2 N–H and O–H groups in total. The second kappa shape index (κ2) is 11.3. The van der Waals surface area contributed by atoms with E-state index in [9.17, 15) is 14.7 Å². The molecule has 0 amide bonds. The molecule has 2 saturated carbocycles. The summed E-state index contributed by atoms with van der Waals surface area (Å²) in [7, 11) is 0. The maximum atomic E-state index is 14.3. The first-order valence-corrected chi connectivity index (χ1v) is 15.5. The van der Waals surface area contributed by atoms with Crippen LogP contribution in [0.5, 0.6) is 0 Å². The van der Waals surface area contributed by atoms with Gasteiger partial charge >= 0.3 is 5.76 Å². The fourth-order valence-electron chi connectivity index (χ4n) is 6.69. The highest BCUT2D eigenvalue weighted by atomic mass is 16.5. The van der Waals surface area contributed by atoms with Gasteiger partial charge in [0.05, 0.1) is 29.7 Å². The van der Waals surface area contributed by atoms with Crippen LogP contribution in [-0.4, -0.2) is 47.2 Å². The number of benzene rings is 2. The monoisotopic (exact) mass is 595 g/mol. The number of fused-ring (bicyclic) bond motifs is 1. The molecule has 10 heteroatoms. The molecule has 5 aromatic rings. The quantitative estimate of drug-likeness (QED) is 0.243. The second-order valence-electron chi connectivity index (χ2n) is 12.4. The van der Waals surface area contributed by atoms with Crippen molar-refractivity contribution in [2.24, 2.45) is 0 Å². The zero-order valence-corrected chi connectivity index (χ0v) is 25.0. The van der Waals surface area contributed by atoms with Crippen LogP contribution >= 0.6 is 0 Å². The lowest BCUT2D eigenvalue weighted by molar-refractivity contribution is -0.0273. The first-order chi connectivity index (χ1) is 21.3. The summed E-state index contributed by atoms with van der Waals surface area (Å²) >= 11 is 0. The molecule has 3 aromatic heterocycles. The first-order valence-electron chi connectivity index (χ1n) is 15.5. The summed E-state index contributed by atoms with van der Waals surface area (Å²) in [5.41, 5.74) is 5.63. The molecule has 2 fully saturated rings. The van der Waals surface area contributed by atoms with Gasteiger partial charge in [0.1, 0.15) is 5.65 Å². The average molecular weight is 596 g/mol. The maximum absolute atomic E-state index is 14.3. The van der Waals surface area contributed by atoms with E-state index < -0.39 is 11.4 Å². The molecule has 2 unspecified atom stereocenters. The summed E-state index contributed by atoms with van der Waals surface area (Å²) < 4.78 is 14.8. The van der Waals surface area contributed by atoms with Crippen LogP contribution in [0.3, 0.4) is 0 Å². The van der Waals surface area contributed by atoms with Gasteiger partial charge in [-0.3, -0.25) is 18.9 Å². The zero-order valence-electron chi connectivity index (χ0n) is 25.0. The average Bonchev–Trinajstić information content (AvgIpc) is 3.37. The van der Waals surface area contributed by atoms with E-state index >= 15 is 0 Å². The number of H-pyrrole nitrogens is 1. The normalized spacial score (nSPS) is 23.3. The second-order valence-corrected chi connectivity index (χ2v) is 12.4. The largest absolute Gasteiger partial charge is 0.439 e. The summed E-state index contributed by atoms with van der Waals surface area (Å²) in [4.78, 5) is 28.5. The molecule has 2 aliphatic rings. The Balaban J connectivity index is 1.18. The van der Waals surface area contributed by atoms with E-state index in [4.69, 9.17) is 9.26 Å². The van der Waals surface area contributed by atoms with Crippen molar-refractivity contribution in [1.82, 2.24) is 24.3 Å². The van der Waals surface area contributed by atoms with E-state index in [2.05, 4.69) is 34.3 Å². The highest BCUT2D eigenvalue weighted by Gasteiger charge is 2.51. The van der Waals surface area contributed by atoms with Crippen LogP contribution in [0.1, 0.15) is 75.2 Å².